The van der Waals surface area contributed by atoms with Crippen molar-refractivity contribution in [2.24, 2.45) is 5.41 Å². The Labute approximate surface area is 173 Å². The number of esters is 1. The van der Waals surface area contributed by atoms with Crippen molar-refractivity contribution in [1.29, 1.82) is 0 Å². The van der Waals surface area contributed by atoms with E-state index in [0.29, 0.717) is 34.6 Å². The predicted octanol–water partition coefficient (Wildman–Crippen LogP) is 3.99. The highest BCUT2D eigenvalue weighted by molar-refractivity contribution is 5.83. The van der Waals surface area contributed by atoms with Crippen LogP contribution in [-0.2, 0) is 4.79 Å². The van der Waals surface area contributed by atoms with Crippen LogP contribution in [0.15, 0.2) is 59.5 Å². The molecule has 0 aliphatic rings. The maximum atomic E-state index is 13.5. The third-order valence-electron chi connectivity index (χ3n) is 4.70. The van der Waals surface area contributed by atoms with Gasteiger partial charge in [0.25, 0.3) is 0 Å². The van der Waals surface area contributed by atoms with E-state index in [1.54, 1.807) is 51.2 Å². The largest absolute Gasteiger partial charge is 0.494 e. The predicted molar refractivity (Wildman–Crippen MR) is 115 cm³/mol. The van der Waals surface area contributed by atoms with Crippen molar-refractivity contribution >= 4 is 22.5 Å². The number of hydrogen-bond donors (Lipinski definition) is 0. The molecule has 0 saturated heterocycles. The Balaban J connectivity index is 2.00. The third-order valence-corrected chi connectivity index (χ3v) is 4.70. The molecule has 0 aliphatic carbocycles. The zero-order valence-corrected chi connectivity index (χ0v) is 17.4. The van der Waals surface area contributed by atoms with Crippen LogP contribution in [0.1, 0.15) is 27.7 Å². The van der Waals surface area contributed by atoms with Crippen molar-refractivity contribution < 1.29 is 14.3 Å². The fourth-order valence-corrected chi connectivity index (χ4v) is 3.16. The van der Waals surface area contributed by atoms with Crippen molar-refractivity contribution in [2.75, 3.05) is 6.61 Å². The van der Waals surface area contributed by atoms with Crippen molar-refractivity contribution in [3.63, 3.8) is 0 Å². The van der Waals surface area contributed by atoms with Crippen LogP contribution in [0.2, 0.25) is 0 Å². The molecule has 4 rings (SSSR count). The molecule has 2 aromatic carbocycles. The van der Waals surface area contributed by atoms with Gasteiger partial charge in [-0.25, -0.2) is 9.36 Å². The van der Waals surface area contributed by atoms with Gasteiger partial charge in [-0.1, -0.05) is 12.1 Å². The van der Waals surface area contributed by atoms with Crippen LogP contribution in [0.3, 0.4) is 0 Å². The standard InChI is InChI=1S/C23H23N3O4/c1-5-29-16-12-10-15(11-13-16)25-20(30-21(27)23(2,3)4)19-14-24-17-8-6-7-9-18(17)26(19)22(25)28/h6-14H,5H2,1-4H3. The Kier molecular flexibility index (Phi) is 4.81. The summed E-state index contributed by atoms with van der Waals surface area (Å²) in [6.07, 6.45) is 1.56. The summed E-state index contributed by atoms with van der Waals surface area (Å²) in [5.74, 6) is 0.392. The van der Waals surface area contributed by atoms with Crippen molar-refractivity contribution in [3.8, 4) is 17.3 Å². The summed E-state index contributed by atoms with van der Waals surface area (Å²) in [4.78, 5) is 30.6. The maximum Gasteiger partial charge on any atom is 0.340 e. The quantitative estimate of drug-likeness (QED) is 0.480. The second-order valence-electron chi connectivity index (χ2n) is 7.96. The van der Waals surface area contributed by atoms with Gasteiger partial charge in [-0.05, 0) is 64.1 Å². The molecule has 0 atom stereocenters. The van der Waals surface area contributed by atoms with Gasteiger partial charge < -0.3 is 9.47 Å². The second-order valence-corrected chi connectivity index (χ2v) is 7.96. The van der Waals surface area contributed by atoms with Gasteiger partial charge in [0.2, 0.25) is 5.88 Å². The first-order valence-corrected chi connectivity index (χ1v) is 9.78. The molecule has 7 heteroatoms. The average molecular weight is 405 g/mol. The Morgan fingerprint density at radius 3 is 2.40 bits per heavy atom. The van der Waals surface area contributed by atoms with E-state index in [0.717, 1.165) is 0 Å². The lowest BCUT2D eigenvalue weighted by Crippen LogP contribution is -2.27. The Morgan fingerprint density at radius 2 is 1.73 bits per heavy atom. The van der Waals surface area contributed by atoms with Crippen LogP contribution in [0.5, 0.6) is 11.6 Å². The van der Waals surface area contributed by atoms with E-state index < -0.39 is 11.4 Å². The zero-order valence-electron chi connectivity index (χ0n) is 17.4. The number of carbonyl (C=O) groups is 1. The first kappa shape index (κ1) is 19.7. The van der Waals surface area contributed by atoms with E-state index >= 15 is 0 Å². The van der Waals surface area contributed by atoms with Crippen molar-refractivity contribution in [3.05, 3.63) is 65.2 Å². The first-order chi connectivity index (χ1) is 14.3. The van der Waals surface area contributed by atoms with Crippen LogP contribution in [0, 0.1) is 5.41 Å². The monoisotopic (exact) mass is 405 g/mol. The highest BCUT2D eigenvalue weighted by Gasteiger charge is 2.28. The van der Waals surface area contributed by atoms with Crippen molar-refractivity contribution in [2.45, 2.75) is 27.7 Å². The minimum absolute atomic E-state index is 0.141. The van der Waals surface area contributed by atoms with Crippen molar-refractivity contribution in [1.82, 2.24) is 14.0 Å². The molecular weight excluding hydrogens is 382 g/mol. The molecule has 0 bridgehead atoms. The summed E-state index contributed by atoms with van der Waals surface area (Å²) in [5.41, 5.74) is 1.21. The van der Waals surface area contributed by atoms with Gasteiger partial charge in [0.1, 0.15) is 11.3 Å². The number of fused-ring (bicyclic) bond motifs is 3. The molecule has 0 fully saturated rings. The number of para-hydroxylation sites is 2. The topological polar surface area (TPSA) is 74.8 Å². The Hall–Kier alpha value is -3.61. The van der Waals surface area contributed by atoms with Gasteiger partial charge in [0.05, 0.1) is 34.9 Å². The molecule has 0 radical (unpaired) electrons. The van der Waals surface area contributed by atoms with Gasteiger partial charge in [-0.3, -0.25) is 14.2 Å². The summed E-state index contributed by atoms with van der Waals surface area (Å²) in [7, 11) is 0. The Bertz CT molecular complexity index is 1290. The average Bonchev–Trinajstić information content (AvgIpc) is 3.00. The summed E-state index contributed by atoms with van der Waals surface area (Å²) in [6, 6.07) is 14.4. The number of nitrogens with zero attached hydrogens (tertiary/aromatic N) is 3. The summed E-state index contributed by atoms with van der Waals surface area (Å²) < 4.78 is 14.2. The molecule has 0 N–H and O–H groups in total. The van der Waals surface area contributed by atoms with Gasteiger partial charge >= 0.3 is 11.7 Å². The molecule has 0 aliphatic heterocycles. The van der Waals surface area contributed by atoms with Crippen LogP contribution in [0.25, 0.3) is 22.2 Å². The van der Waals surface area contributed by atoms with Gasteiger partial charge in [-0.15, -0.1) is 0 Å². The van der Waals surface area contributed by atoms with Crippen LogP contribution in [-0.4, -0.2) is 26.5 Å². The number of benzene rings is 2. The number of carbonyl (C=O) groups excluding carboxylic acids is 1. The third kappa shape index (κ3) is 3.32. The van der Waals surface area contributed by atoms with Gasteiger partial charge in [0.15, 0.2) is 0 Å². The Morgan fingerprint density at radius 1 is 1.03 bits per heavy atom. The normalized spacial score (nSPS) is 11.7. The SMILES string of the molecule is CCOc1ccc(-n2c(OC(=O)C(C)(C)C)c3cnc4ccccc4n3c2=O)cc1. The van der Waals surface area contributed by atoms with E-state index in [9.17, 15) is 9.59 Å². The lowest BCUT2D eigenvalue weighted by atomic mass is 9.97. The molecule has 154 valence electrons. The highest BCUT2D eigenvalue weighted by atomic mass is 16.5. The van der Waals surface area contributed by atoms with Gasteiger partial charge in [0, 0.05) is 0 Å². The number of rotatable bonds is 4. The van der Waals surface area contributed by atoms with Crippen LogP contribution >= 0.6 is 0 Å². The lowest BCUT2D eigenvalue weighted by Gasteiger charge is -2.17. The second kappa shape index (κ2) is 7.33. The highest BCUT2D eigenvalue weighted by Crippen LogP contribution is 2.28. The van der Waals surface area contributed by atoms with Crippen LogP contribution in [0.4, 0.5) is 0 Å². The van der Waals surface area contributed by atoms with E-state index in [2.05, 4.69) is 4.98 Å². The number of ether oxygens (including phenoxy) is 2. The summed E-state index contributed by atoms with van der Waals surface area (Å²) in [5, 5.41) is 0. The smallest absolute Gasteiger partial charge is 0.340 e. The molecule has 7 nitrogen and oxygen atoms in total. The van der Waals surface area contributed by atoms with E-state index in [1.165, 1.54) is 8.97 Å². The van der Waals surface area contributed by atoms with Gasteiger partial charge in [-0.2, -0.15) is 0 Å². The molecule has 0 unspecified atom stereocenters. The molecule has 0 saturated carbocycles. The van der Waals surface area contributed by atoms with E-state index in [-0.39, 0.29) is 11.6 Å². The molecule has 0 spiro atoms. The fraction of sp³-hybridized carbons (Fsp3) is 0.261. The minimum Gasteiger partial charge on any atom is -0.494 e. The number of imidazole rings is 1. The lowest BCUT2D eigenvalue weighted by molar-refractivity contribution is -0.143. The molecule has 2 aromatic heterocycles. The molecular formula is C23H23N3O4. The number of hydrogen-bond acceptors (Lipinski definition) is 5. The minimum atomic E-state index is -0.738. The maximum absolute atomic E-state index is 13.5. The first-order valence-electron chi connectivity index (χ1n) is 9.78. The molecule has 30 heavy (non-hydrogen) atoms. The fourth-order valence-electron chi connectivity index (χ4n) is 3.16. The zero-order chi connectivity index (χ0) is 21.5. The van der Waals surface area contributed by atoms with E-state index in [4.69, 9.17) is 9.47 Å². The summed E-state index contributed by atoms with van der Waals surface area (Å²) >= 11 is 0. The molecule has 0 amide bonds. The summed E-state index contributed by atoms with van der Waals surface area (Å²) in [6.45, 7) is 7.74. The molecule has 2 heterocycles. The molecule has 4 aromatic rings. The van der Waals surface area contributed by atoms with Crippen LogP contribution < -0.4 is 15.2 Å². The van der Waals surface area contributed by atoms with E-state index in [1.807, 2.05) is 31.2 Å². The number of aromatic nitrogens is 3.